The van der Waals surface area contributed by atoms with Gasteiger partial charge in [0.2, 0.25) is 0 Å². The Morgan fingerprint density at radius 2 is 0.833 bits per heavy atom. The van der Waals surface area contributed by atoms with Crippen LogP contribution in [0.2, 0.25) is 0 Å². The first-order valence-electron chi connectivity index (χ1n) is 25.2. The summed E-state index contributed by atoms with van der Waals surface area (Å²) in [6.07, 6.45) is 29.0. The first kappa shape index (κ1) is 55.5. The quantitative estimate of drug-likeness (QED) is 0.156. The van der Waals surface area contributed by atoms with E-state index in [1.807, 2.05) is 225 Å². The van der Waals surface area contributed by atoms with Crippen molar-refractivity contribution < 1.29 is 0 Å². The molecule has 12 heteroatoms. The van der Waals surface area contributed by atoms with Crippen LogP contribution in [0, 0.1) is 41.5 Å². The fraction of sp³-hybridized carbons (Fsp3) is 0.0909. The standard InChI is InChI=1S/6C11H10N2/c1-9-8-11(4-7-13-9)10-2-5-12-6-3-10;1-9-11(5-3-7-13-9)10-4-2-6-12-8-10;1-9-4-5-11(8-13-9)10-3-2-6-12-7-10;1-9-5-4-7-11(13-9)10-6-2-3-8-12-10;1-9-5-11(8-13-6-9)10-3-2-4-12-7-10;1-9-5-6-11(13-8-9)10-4-2-3-7-12-10/h6*2-8H,1H3. The molecule has 12 heterocycles. The van der Waals surface area contributed by atoms with Gasteiger partial charge in [-0.3, -0.25) is 59.8 Å². The number of nitrogens with zero attached hydrogens (tertiary/aromatic N) is 12. The van der Waals surface area contributed by atoms with Crippen molar-refractivity contribution in [2.45, 2.75) is 41.5 Å². The molecule has 0 saturated heterocycles. The summed E-state index contributed by atoms with van der Waals surface area (Å²) in [6, 6.07) is 51.7. The van der Waals surface area contributed by atoms with Crippen LogP contribution in [0.5, 0.6) is 0 Å². The second-order valence-electron chi connectivity index (χ2n) is 17.5. The van der Waals surface area contributed by atoms with Gasteiger partial charge in [-0.2, -0.15) is 0 Å². The highest BCUT2D eigenvalue weighted by atomic mass is 14.8. The molecule has 12 nitrogen and oxygen atoms in total. The van der Waals surface area contributed by atoms with E-state index in [9.17, 15) is 0 Å². The molecule has 12 rings (SSSR count). The van der Waals surface area contributed by atoms with E-state index in [2.05, 4.69) is 84.1 Å². The molecule has 0 aliphatic rings. The summed E-state index contributed by atoms with van der Waals surface area (Å²) in [5.74, 6) is 0. The second-order valence-corrected chi connectivity index (χ2v) is 17.5. The van der Waals surface area contributed by atoms with Crippen LogP contribution in [-0.4, -0.2) is 59.8 Å². The lowest BCUT2D eigenvalue weighted by Gasteiger charge is -2.02. The van der Waals surface area contributed by atoms with Gasteiger partial charge in [0.05, 0.1) is 22.8 Å². The molecule has 0 bridgehead atoms. The molecule has 0 fully saturated rings. The van der Waals surface area contributed by atoms with Gasteiger partial charge >= 0.3 is 0 Å². The molecule has 0 aliphatic carbocycles. The molecular formula is C66H60N12. The van der Waals surface area contributed by atoms with Crippen molar-refractivity contribution in [1.29, 1.82) is 0 Å². The van der Waals surface area contributed by atoms with E-state index in [0.717, 1.165) is 78.9 Å². The van der Waals surface area contributed by atoms with E-state index in [4.69, 9.17) is 0 Å². The Bertz CT molecular complexity index is 3320. The van der Waals surface area contributed by atoms with Crippen molar-refractivity contribution in [3.8, 4) is 67.3 Å². The van der Waals surface area contributed by atoms with Crippen molar-refractivity contribution in [1.82, 2.24) is 59.8 Å². The Kier molecular flexibility index (Phi) is 21.5. The van der Waals surface area contributed by atoms with E-state index in [-0.39, 0.29) is 0 Å². The Morgan fingerprint density at radius 1 is 0.244 bits per heavy atom. The van der Waals surface area contributed by atoms with Gasteiger partial charge in [0, 0.05) is 155 Å². The highest BCUT2D eigenvalue weighted by Crippen LogP contribution is 2.21. The average Bonchev–Trinajstić information content (AvgIpc) is 3.50. The monoisotopic (exact) mass is 1020 g/mol. The number of hydrogen-bond donors (Lipinski definition) is 0. The van der Waals surface area contributed by atoms with Crippen LogP contribution in [0.15, 0.2) is 257 Å². The van der Waals surface area contributed by atoms with Gasteiger partial charge in [-0.25, -0.2) is 0 Å². The van der Waals surface area contributed by atoms with E-state index in [1.54, 1.807) is 49.6 Å². The molecule has 0 spiro atoms. The number of rotatable bonds is 6. The van der Waals surface area contributed by atoms with Gasteiger partial charge < -0.3 is 0 Å². The summed E-state index contributed by atoms with van der Waals surface area (Å²) in [5, 5.41) is 0. The van der Waals surface area contributed by atoms with E-state index in [1.165, 1.54) is 22.3 Å². The average molecular weight is 1020 g/mol. The summed E-state index contributed by atoms with van der Waals surface area (Å²) in [5.41, 5.74) is 19.2. The zero-order chi connectivity index (χ0) is 54.6. The number of pyridine rings is 12. The normalized spacial score (nSPS) is 9.92. The lowest BCUT2D eigenvalue weighted by Crippen LogP contribution is -1.87. The van der Waals surface area contributed by atoms with Crippen LogP contribution in [0.4, 0.5) is 0 Å². The minimum atomic E-state index is 0.919. The Hall–Kier alpha value is -10.2. The van der Waals surface area contributed by atoms with Crippen LogP contribution < -0.4 is 0 Å². The van der Waals surface area contributed by atoms with Crippen molar-refractivity contribution in [3.63, 3.8) is 0 Å². The SMILES string of the molecule is Cc1cc(-c2ccncc2)ccn1.Cc1ccc(-c2ccccn2)nc1.Cc1ccc(-c2cccnc2)cn1.Cc1cccc(-c2ccccn2)n1.Cc1cncc(-c2cccnc2)c1.Cc1ncccc1-c1cccnc1. The maximum Gasteiger partial charge on any atom is 0.0889 e. The summed E-state index contributed by atoms with van der Waals surface area (Å²) in [4.78, 5) is 50.0. The highest BCUT2D eigenvalue weighted by molar-refractivity contribution is 5.65. The molecule has 12 aromatic heterocycles. The van der Waals surface area contributed by atoms with Gasteiger partial charge in [-0.1, -0.05) is 54.6 Å². The molecule has 0 radical (unpaired) electrons. The molecule has 0 aromatic carbocycles. The molecule has 12 aromatic rings. The van der Waals surface area contributed by atoms with E-state index >= 15 is 0 Å². The van der Waals surface area contributed by atoms with Gasteiger partial charge in [0.1, 0.15) is 0 Å². The van der Waals surface area contributed by atoms with E-state index < -0.39 is 0 Å². The van der Waals surface area contributed by atoms with Crippen LogP contribution in [0.3, 0.4) is 0 Å². The molecule has 0 amide bonds. The van der Waals surface area contributed by atoms with Gasteiger partial charge in [-0.05, 0) is 167 Å². The first-order valence-corrected chi connectivity index (χ1v) is 25.2. The lowest BCUT2D eigenvalue weighted by atomic mass is 10.1. The summed E-state index contributed by atoms with van der Waals surface area (Å²) in [7, 11) is 0. The fourth-order valence-corrected chi connectivity index (χ4v) is 7.33. The fourth-order valence-electron chi connectivity index (χ4n) is 7.33. The molecule has 0 unspecified atom stereocenters. The van der Waals surface area contributed by atoms with Crippen LogP contribution >= 0.6 is 0 Å². The molecule has 0 atom stereocenters. The van der Waals surface area contributed by atoms with Gasteiger partial charge in [0.15, 0.2) is 0 Å². The lowest BCUT2D eigenvalue weighted by molar-refractivity contribution is 1.18. The molecule has 384 valence electrons. The third kappa shape index (κ3) is 18.3. The molecule has 78 heavy (non-hydrogen) atoms. The van der Waals surface area contributed by atoms with Gasteiger partial charge in [0.25, 0.3) is 0 Å². The maximum absolute atomic E-state index is 4.38. The molecule has 0 N–H and O–H groups in total. The molecule has 0 aliphatic heterocycles. The minimum absolute atomic E-state index is 0.919. The van der Waals surface area contributed by atoms with E-state index in [0.29, 0.717) is 0 Å². The topological polar surface area (TPSA) is 155 Å². The minimum Gasteiger partial charge on any atom is -0.265 e. The number of hydrogen-bond acceptors (Lipinski definition) is 12. The number of aryl methyl sites for hydroxylation is 6. The van der Waals surface area contributed by atoms with Crippen molar-refractivity contribution in [2.24, 2.45) is 0 Å². The van der Waals surface area contributed by atoms with Crippen LogP contribution in [0.1, 0.15) is 33.9 Å². The van der Waals surface area contributed by atoms with Crippen molar-refractivity contribution in [3.05, 3.63) is 291 Å². The Labute approximate surface area is 457 Å². The van der Waals surface area contributed by atoms with Crippen LogP contribution in [-0.2, 0) is 0 Å². The predicted molar refractivity (Wildman–Crippen MR) is 313 cm³/mol. The third-order valence-corrected chi connectivity index (χ3v) is 11.3. The Morgan fingerprint density at radius 3 is 1.40 bits per heavy atom. The smallest absolute Gasteiger partial charge is 0.0889 e. The maximum atomic E-state index is 4.38. The zero-order valence-corrected chi connectivity index (χ0v) is 44.6. The van der Waals surface area contributed by atoms with Gasteiger partial charge in [-0.15, -0.1) is 0 Å². The van der Waals surface area contributed by atoms with Crippen molar-refractivity contribution >= 4 is 0 Å². The summed E-state index contributed by atoms with van der Waals surface area (Å²) >= 11 is 0. The number of aromatic nitrogens is 12. The molecule has 0 saturated carbocycles. The molecular weight excluding hydrogens is 961 g/mol. The largest absolute Gasteiger partial charge is 0.265 e. The van der Waals surface area contributed by atoms with Crippen molar-refractivity contribution in [2.75, 3.05) is 0 Å². The summed E-state index contributed by atoms with van der Waals surface area (Å²) in [6.45, 7) is 12.0. The van der Waals surface area contributed by atoms with Crippen LogP contribution in [0.25, 0.3) is 67.3 Å². The highest BCUT2D eigenvalue weighted by Gasteiger charge is 2.02. The predicted octanol–water partition coefficient (Wildman–Crippen LogP) is 14.7. The zero-order valence-electron chi connectivity index (χ0n) is 44.6. The second kappa shape index (κ2) is 30.2. The Balaban J connectivity index is 0.000000136. The third-order valence-electron chi connectivity index (χ3n) is 11.3. The summed E-state index contributed by atoms with van der Waals surface area (Å²) < 4.78 is 0. The first-order chi connectivity index (χ1) is 38.2.